The van der Waals surface area contributed by atoms with E-state index < -0.39 is 12.4 Å². The van der Waals surface area contributed by atoms with E-state index in [1.54, 1.807) is 6.07 Å². The molecule has 0 amide bonds. The van der Waals surface area contributed by atoms with Gasteiger partial charge >= 0.3 is 6.98 Å². The zero-order valence-electron chi connectivity index (χ0n) is 10.9. The Labute approximate surface area is 116 Å². The molecule has 0 N–H and O–H groups in total. The SMILES string of the molecule is F[B-](F)(F)c1cccc(OCCCc2ccccc2)c1. The standard InChI is InChI=1S/C15H15BF3O/c17-16(18,19)14-9-4-10-15(12-14)20-11-5-8-13-6-2-1-3-7-13/h1-4,6-7,9-10,12H,5,8,11H2/q-1. The van der Waals surface area contributed by atoms with Gasteiger partial charge in [-0.1, -0.05) is 42.5 Å². The highest BCUT2D eigenvalue weighted by Gasteiger charge is 2.25. The summed E-state index contributed by atoms with van der Waals surface area (Å²) in [6, 6.07) is 15.0. The van der Waals surface area contributed by atoms with E-state index in [9.17, 15) is 12.9 Å². The van der Waals surface area contributed by atoms with Crippen LogP contribution in [0.2, 0.25) is 0 Å². The fourth-order valence-corrected chi connectivity index (χ4v) is 1.92. The number of hydrogen-bond acceptors (Lipinski definition) is 1. The van der Waals surface area contributed by atoms with Gasteiger partial charge in [0.1, 0.15) is 5.75 Å². The fraction of sp³-hybridized carbons (Fsp3) is 0.200. The lowest BCUT2D eigenvalue weighted by atomic mass is 9.80. The van der Waals surface area contributed by atoms with Crippen LogP contribution in [-0.2, 0) is 6.42 Å². The minimum Gasteiger partial charge on any atom is -0.494 e. The van der Waals surface area contributed by atoms with Gasteiger partial charge in [-0.15, -0.1) is 5.46 Å². The van der Waals surface area contributed by atoms with Crippen molar-refractivity contribution >= 4 is 12.4 Å². The van der Waals surface area contributed by atoms with Crippen LogP contribution in [0.4, 0.5) is 12.9 Å². The van der Waals surface area contributed by atoms with Crippen LogP contribution in [0.5, 0.6) is 5.75 Å². The molecule has 2 aromatic carbocycles. The highest BCUT2D eigenvalue weighted by molar-refractivity contribution is 6.73. The van der Waals surface area contributed by atoms with Gasteiger partial charge in [0.25, 0.3) is 0 Å². The van der Waals surface area contributed by atoms with Crippen molar-refractivity contribution in [3.63, 3.8) is 0 Å². The van der Waals surface area contributed by atoms with E-state index in [-0.39, 0.29) is 5.75 Å². The summed E-state index contributed by atoms with van der Waals surface area (Å²) in [6.45, 7) is -4.56. The molecule has 5 heteroatoms. The fourth-order valence-electron chi connectivity index (χ4n) is 1.92. The van der Waals surface area contributed by atoms with Crippen LogP contribution in [0.25, 0.3) is 0 Å². The predicted molar refractivity (Wildman–Crippen MR) is 75.4 cm³/mol. The van der Waals surface area contributed by atoms with Crippen molar-refractivity contribution in [2.45, 2.75) is 12.8 Å². The quantitative estimate of drug-likeness (QED) is 0.578. The van der Waals surface area contributed by atoms with Crippen molar-refractivity contribution in [2.24, 2.45) is 0 Å². The normalized spacial score (nSPS) is 11.3. The first-order chi connectivity index (χ1) is 9.55. The molecule has 0 radical (unpaired) electrons. The van der Waals surface area contributed by atoms with E-state index in [4.69, 9.17) is 4.74 Å². The molecule has 0 saturated carbocycles. The van der Waals surface area contributed by atoms with E-state index in [2.05, 4.69) is 0 Å². The summed E-state index contributed by atoms with van der Waals surface area (Å²) in [4.78, 5) is 0. The maximum atomic E-state index is 12.6. The van der Waals surface area contributed by atoms with E-state index >= 15 is 0 Å². The largest absolute Gasteiger partial charge is 0.509 e. The molecule has 0 aromatic heterocycles. The average Bonchev–Trinajstić information content (AvgIpc) is 2.44. The first kappa shape index (κ1) is 14.5. The van der Waals surface area contributed by atoms with Gasteiger partial charge in [0.2, 0.25) is 0 Å². The summed E-state index contributed by atoms with van der Waals surface area (Å²) in [5, 5.41) is 0. The van der Waals surface area contributed by atoms with Crippen molar-refractivity contribution in [3.05, 3.63) is 60.2 Å². The first-order valence-electron chi connectivity index (χ1n) is 6.52. The number of rotatable bonds is 6. The molecule has 0 aliphatic rings. The molecule has 0 heterocycles. The molecule has 0 spiro atoms. The number of halogens is 3. The van der Waals surface area contributed by atoms with Crippen molar-refractivity contribution in [2.75, 3.05) is 6.61 Å². The number of aryl methyl sites for hydroxylation is 1. The van der Waals surface area contributed by atoms with E-state index in [1.807, 2.05) is 30.3 Å². The van der Waals surface area contributed by atoms with Crippen LogP contribution in [0.1, 0.15) is 12.0 Å². The predicted octanol–water partition coefficient (Wildman–Crippen LogP) is 3.75. The van der Waals surface area contributed by atoms with Crippen LogP contribution in [0.3, 0.4) is 0 Å². The van der Waals surface area contributed by atoms with Gasteiger partial charge in [-0.3, -0.25) is 0 Å². The zero-order valence-corrected chi connectivity index (χ0v) is 10.9. The summed E-state index contributed by atoms with van der Waals surface area (Å²) in [6.07, 6.45) is 1.62. The third-order valence-electron chi connectivity index (χ3n) is 2.96. The minimum atomic E-state index is -4.97. The van der Waals surface area contributed by atoms with Crippen LogP contribution in [0.15, 0.2) is 54.6 Å². The smallest absolute Gasteiger partial charge is 0.494 e. The lowest BCUT2D eigenvalue weighted by Crippen LogP contribution is -2.33. The van der Waals surface area contributed by atoms with Gasteiger partial charge in [0.05, 0.1) is 6.61 Å². The monoisotopic (exact) mass is 279 g/mol. The van der Waals surface area contributed by atoms with Crippen LogP contribution < -0.4 is 10.2 Å². The molecular formula is C15H15BF3O-. The average molecular weight is 279 g/mol. The Kier molecular flexibility index (Phi) is 4.72. The molecule has 0 saturated heterocycles. The lowest BCUT2D eigenvalue weighted by molar-refractivity contribution is 0.311. The summed E-state index contributed by atoms with van der Waals surface area (Å²) in [5.74, 6) is 0.273. The second-order valence-electron chi connectivity index (χ2n) is 4.58. The maximum absolute atomic E-state index is 12.6. The van der Waals surface area contributed by atoms with Gasteiger partial charge in [-0.25, -0.2) is 0 Å². The molecule has 0 unspecified atom stereocenters. The van der Waals surface area contributed by atoms with Crippen molar-refractivity contribution in [1.82, 2.24) is 0 Å². The second kappa shape index (κ2) is 6.50. The topological polar surface area (TPSA) is 9.23 Å². The Bertz CT molecular complexity index is 540. The lowest BCUT2D eigenvalue weighted by Gasteiger charge is -2.16. The molecular weight excluding hydrogens is 264 g/mol. The number of hydrogen-bond donors (Lipinski definition) is 0. The van der Waals surface area contributed by atoms with Crippen LogP contribution >= 0.6 is 0 Å². The zero-order chi connectivity index (χ0) is 14.4. The van der Waals surface area contributed by atoms with Crippen molar-refractivity contribution in [1.29, 1.82) is 0 Å². The minimum absolute atomic E-state index is 0.273. The van der Waals surface area contributed by atoms with Gasteiger partial charge in [0, 0.05) is 0 Å². The number of benzene rings is 2. The van der Waals surface area contributed by atoms with Gasteiger partial charge in [-0.05, 0) is 30.5 Å². The number of ether oxygens (including phenoxy) is 1. The molecule has 0 aliphatic carbocycles. The molecule has 20 heavy (non-hydrogen) atoms. The molecule has 106 valence electrons. The van der Waals surface area contributed by atoms with Crippen LogP contribution in [0, 0.1) is 0 Å². The van der Waals surface area contributed by atoms with Gasteiger partial charge in [-0.2, -0.15) is 0 Å². The van der Waals surface area contributed by atoms with E-state index in [1.165, 1.54) is 11.6 Å². The highest BCUT2D eigenvalue weighted by Crippen LogP contribution is 2.15. The maximum Gasteiger partial charge on any atom is 0.509 e. The third kappa shape index (κ3) is 4.33. The Morgan fingerprint density at radius 1 is 0.900 bits per heavy atom. The Hall–Kier alpha value is -1.91. The van der Waals surface area contributed by atoms with Crippen molar-refractivity contribution < 1.29 is 17.7 Å². The second-order valence-corrected chi connectivity index (χ2v) is 4.58. The van der Waals surface area contributed by atoms with E-state index in [0.29, 0.717) is 6.61 Å². The molecule has 1 nitrogen and oxygen atoms in total. The Balaban J connectivity index is 1.83. The van der Waals surface area contributed by atoms with Gasteiger partial charge in [0.15, 0.2) is 0 Å². The summed E-state index contributed by atoms with van der Waals surface area (Å²) < 4.78 is 43.1. The summed E-state index contributed by atoms with van der Waals surface area (Å²) in [7, 11) is 0. The molecule has 2 rings (SSSR count). The summed E-state index contributed by atoms with van der Waals surface area (Å²) >= 11 is 0. The molecule has 0 atom stereocenters. The molecule has 2 aromatic rings. The Morgan fingerprint density at radius 2 is 1.65 bits per heavy atom. The molecule has 0 aliphatic heterocycles. The van der Waals surface area contributed by atoms with Crippen LogP contribution in [-0.4, -0.2) is 13.6 Å². The first-order valence-corrected chi connectivity index (χ1v) is 6.52. The molecule has 0 bridgehead atoms. The summed E-state index contributed by atoms with van der Waals surface area (Å²) in [5.41, 5.74) is 0.578. The third-order valence-corrected chi connectivity index (χ3v) is 2.96. The van der Waals surface area contributed by atoms with E-state index in [0.717, 1.165) is 25.0 Å². The van der Waals surface area contributed by atoms with Crippen molar-refractivity contribution in [3.8, 4) is 5.75 Å². The highest BCUT2D eigenvalue weighted by atomic mass is 19.4. The Morgan fingerprint density at radius 3 is 2.35 bits per heavy atom. The molecule has 0 fully saturated rings. The van der Waals surface area contributed by atoms with Gasteiger partial charge < -0.3 is 17.7 Å².